The Kier molecular flexibility index (Phi) is 3.68. The average Bonchev–Trinajstić information content (AvgIpc) is 2.40. The van der Waals surface area contributed by atoms with Crippen molar-refractivity contribution in [3.05, 3.63) is 29.3 Å². The van der Waals surface area contributed by atoms with Crippen molar-refractivity contribution in [3.8, 4) is 6.07 Å². The van der Waals surface area contributed by atoms with Crippen molar-refractivity contribution in [1.82, 2.24) is 5.32 Å². The summed E-state index contributed by atoms with van der Waals surface area (Å²) in [6, 6.07) is 4.85. The van der Waals surface area contributed by atoms with Crippen LogP contribution in [0.2, 0.25) is 0 Å². The van der Waals surface area contributed by atoms with Gasteiger partial charge in [0.15, 0.2) is 0 Å². The highest BCUT2D eigenvalue weighted by atomic mass is 19.4. The molecule has 0 unspecified atom stereocenters. The molecule has 0 spiro atoms. The molecule has 4 nitrogen and oxygen atoms in total. The summed E-state index contributed by atoms with van der Waals surface area (Å²) in [7, 11) is 0. The van der Waals surface area contributed by atoms with Crippen LogP contribution in [0.1, 0.15) is 25.0 Å². The zero-order valence-electron chi connectivity index (χ0n) is 11.6. The van der Waals surface area contributed by atoms with Gasteiger partial charge in [-0.25, -0.2) is 0 Å². The molecule has 1 aliphatic heterocycles. The van der Waals surface area contributed by atoms with Crippen LogP contribution >= 0.6 is 0 Å². The lowest BCUT2D eigenvalue weighted by atomic mass is 9.99. The van der Waals surface area contributed by atoms with Gasteiger partial charge in [-0.05, 0) is 32.0 Å². The first-order valence-corrected chi connectivity index (χ1v) is 6.35. The maximum atomic E-state index is 13.0. The summed E-state index contributed by atoms with van der Waals surface area (Å²) < 4.78 is 38.9. The van der Waals surface area contributed by atoms with Crippen LogP contribution in [0.4, 0.5) is 18.9 Å². The maximum absolute atomic E-state index is 13.0. The SMILES string of the molecule is CC1(C)NCCN(c2ccc(C#N)c(C(F)(F)F)c2)C1=O. The van der Waals surface area contributed by atoms with Gasteiger partial charge in [-0.2, -0.15) is 18.4 Å². The highest BCUT2D eigenvalue weighted by Crippen LogP contribution is 2.35. The Bertz CT molecular complexity index is 617. The molecule has 1 aromatic carbocycles. The third-order valence-electron chi connectivity index (χ3n) is 3.42. The van der Waals surface area contributed by atoms with E-state index in [2.05, 4.69) is 5.32 Å². The van der Waals surface area contributed by atoms with Crippen molar-refractivity contribution in [3.63, 3.8) is 0 Å². The van der Waals surface area contributed by atoms with Gasteiger partial charge in [0, 0.05) is 18.8 Å². The molecule has 0 radical (unpaired) electrons. The van der Waals surface area contributed by atoms with E-state index in [1.54, 1.807) is 13.8 Å². The molecular formula is C14H14F3N3O. The normalized spacial score (nSPS) is 18.5. The standard InChI is InChI=1S/C14H14F3N3O/c1-13(2)12(21)20(6-5-19-13)10-4-3-9(8-18)11(7-10)14(15,16)17/h3-4,7,19H,5-6H2,1-2H3. The summed E-state index contributed by atoms with van der Waals surface area (Å²) in [6.07, 6.45) is -4.63. The van der Waals surface area contributed by atoms with Crippen molar-refractivity contribution in [2.24, 2.45) is 0 Å². The van der Waals surface area contributed by atoms with Crippen LogP contribution in [0.5, 0.6) is 0 Å². The molecule has 1 aliphatic rings. The van der Waals surface area contributed by atoms with Crippen LogP contribution in [-0.2, 0) is 11.0 Å². The number of amides is 1. The molecule has 0 aromatic heterocycles. The minimum Gasteiger partial charge on any atom is -0.310 e. The number of carbonyl (C=O) groups is 1. The zero-order valence-corrected chi connectivity index (χ0v) is 11.6. The van der Waals surface area contributed by atoms with Crippen LogP contribution in [0.25, 0.3) is 0 Å². The monoisotopic (exact) mass is 297 g/mol. The van der Waals surface area contributed by atoms with E-state index in [0.29, 0.717) is 6.54 Å². The number of hydrogen-bond acceptors (Lipinski definition) is 3. The molecule has 0 atom stereocenters. The second-order valence-electron chi connectivity index (χ2n) is 5.35. The number of alkyl halides is 3. The van der Waals surface area contributed by atoms with Crippen molar-refractivity contribution < 1.29 is 18.0 Å². The van der Waals surface area contributed by atoms with E-state index >= 15 is 0 Å². The largest absolute Gasteiger partial charge is 0.417 e. The second kappa shape index (κ2) is 5.04. The van der Waals surface area contributed by atoms with E-state index in [1.165, 1.54) is 17.0 Å². The molecule has 2 rings (SSSR count). The van der Waals surface area contributed by atoms with Crippen molar-refractivity contribution in [2.45, 2.75) is 25.6 Å². The zero-order chi connectivity index (χ0) is 15.8. The fourth-order valence-electron chi connectivity index (χ4n) is 2.27. The molecule has 1 aromatic rings. The summed E-state index contributed by atoms with van der Waals surface area (Å²) in [5.74, 6) is -0.299. The summed E-state index contributed by atoms with van der Waals surface area (Å²) in [5.41, 5.74) is -2.15. The number of benzene rings is 1. The summed E-state index contributed by atoms with van der Waals surface area (Å²) in [6.45, 7) is 4.12. The Morgan fingerprint density at radius 2 is 2.05 bits per heavy atom. The topological polar surface area (TPSA) is 56.1 Å². The molecule has 1 fully saturated rings. The molecule has 0 aliphatic carbocycles. The highest BCUT2D eigenvalue weighted by Gasteiger charge is 2.38. The van der Waals surface area contributed by atoms with Gasteiger partial charge in [0.2, 0.25) is 5.91 Å². The number of carbonyl (C=O) groups excluding carboxylic acids is 1. The van der Waals surface area contributed by atoms with Gasteiger partial charge in [-0.15, -0.1) is 0 Å². The fraction of sp³-hybridized carbons (Fsp3) is 0.429. The number of anilines is 1. The maximum Gasteiger partial charge on any atom is 0.417 e. The van der Waals surface area contributed by atoms with Crippen molar-refractivity contribution in [2.75, 3.05) is 18.0 Å². The van der Waals surface area contributed by atoms with Crippen molar-refractivity contribution in [1.29, 1.82) is 5.26 Å². The number of rotatable bonds is 1. The predicted molar refractivity (Wildman–Crippen MR) is 70.6 cm³/mol. The van der Waals surface area contributed by atoms with E-state index in [1.807, 2.05) is 0 Å². The van der Waals surface area contributed by atoms with Gasteiger partial charge in [-0.3, -0.25) is 4.79 Å². The number of halogens is 3. The fourth-order valence-corrected chi connectivity index (χ4v) is 2.27. The Morgan fingerprint density at radius 3 is 2.62 bits per heavy atom. The van der Waals surface area contributed by atoms with Crippen LogP contribution < -0.4 is 10.2 Å². The Morgan fingerprint density at radius 1 is 1.38 bits per heavy atom. The molecule has 1 saturated heterocycles. The molecule has 1 heterocycles. The lowest BCUT2D eigenvalue weighted by Crippen LogP contribution is -2.61. The molecule has 112 valence electrons. The average molecular weight is 297 g/mol. The van der Waals surface area contributed by atoms with Gasteiger partial charge in [0.05, 0.1) is 22.7 Å². The van der Waals surface area contributed by atoms with Crippen LogP contribution in [-0.4, -0.2) is 24.5 Å². The van der Waals surface area contributed by atoms with Gasteiger partial charge in [0.25, 0.3) is 0 Å². The minimum atomic E-state index is -4.63. The molecule has 0 saturated carbocycles. The number of nitrogens with zero attached hydrogens (tertiary/aromatic N) is 2. The van der Waals surface area contributed by atoms with E-state index in [9.17, 15) is 18.0 Å². The van der Waals surface area contributed by atoms with Crippen LogP contribution in [0.15, 0.2) is 18.2 Å². The van der Waals surface area contributed by atoms with Crippen LogP contribution in [0.3, 0.4) is 0 Å². The number of piperazine rings is 1. The number of hydrogen-bond donors (Lipinski definition) is 1. The third-order valence-corrected chi connectivity index (χ3v) is 3.42. The molecular weight excluding hydrogens is 283 g/mol. The smallest absolute Gasteiger partial charge is 0.310 e. The molecule has 21 heavy (non-hydrogen) atoms. The van der Waals surface area contributed by atoms with Gasteiger partial charge in [-0.1, -0.05) is 0 Å². The predicted octanol–water partition coefficient (Wildman–Crippen LogP) is 2.29. The molecule has 0 bridgehead atoms. The van der Waals surface area contributed by atoms with E-state index < -0.39 is 22.8 Å². The molecule has 1 N–H and O–H groups in total. The first kappa shape index (κ1) is 15.3. The molecule has 1 amide bonds. The first-order chi connectivity index (χ1) is 9.66. The summed E-state index contributed by atoms with van der Waals surface area (Å²) in [5, 5.41) is 11.8. The van der Waals surface area contributed by atoms with E-state index in [-0.39, 0.29) is 18.1 Å². The summed E-state index contributed by atoms with van der Waals surface area (Å²) >= 11 is 0. The number of nitrogens with one attached hydrogen (secondary N) is 1. The van der Waals surface area contributed by atoms with E-state index in [0.717, 1.165) is 12.1 Å². The van der Waals surface area contributed by atoms with Crippen molar-refractivity contribution >= 4 is 11.6 Å². The summed E-state index contributed by atoms with van der Waals surface area (Å²) in [4.78, 5) is 13.6. The number of nitriles is 1. The highest BCUT2D eigenvalue weighted by molar-refractivity contribution is 6.00. The Hall–Kier alpha value is -2.07. The Labute approximate surface area is 120 Å². The lowest BCUT2D eigenvalue weighted by molar-refractivity contribution is -0.137. The van der Waals surface area contributed by atoms with Gasteiger partial charge >= 0.3 is 6.18 Å². The van der Waals surface area contributed by atoms with Gasteiger partial charge < -0.3 is 10.2 Å². The third kappa shape index (κ3) is 2.85. The first-order valence-electron chi connectivity index (χ1n) is 6.35. The lowest BCUT2D eigenvalue weighted by Gasteiger charge is -2.38. The van der Waals surface area contributed by atoms with Crippen LogP contribution in [0, 0.1) is 11.3 Å². The quantitative estimate of drug-likeness (QED) is 0.865. The van der Waals surface area contributed by atoms with Gasteiger partial charge in [0.1, 0.15) is 0 Å². The molecule has 7 heteroatoms. The minimum absolute atomic E-state index is 0.154. The Balaban J connectivity index is 2.47. The van der Waals surface area contributed by atoms with E-state index in [4.69, 9.17) is 5.26 Å². The second-order valence-corrected chi connectivity index (χ2v) is 5.35.